The van der Waals surface area contributed by atoms with Crippen LogP contribution in [0.3, 0.4) is 0 Å². The van der Waals surface area contributed by atoms with Gasteiger partial charge in [0, 0.05) is 13.0 Å². The largest absolute Gasteiger partial charge is 0.383 e. The lowest BCUT2D eigenvalue weighted by Crippen LogP contribution is -2.41. The van der Waals surface area contributed by atoms with Crippen LogP contribution in [0, 0.1) is 11.8 Å². The van der Waals surface area contributed by atoms with Crippen molar-refractivity contribution in [2.45, 2.75) is 23.6 Å². The van der Waals surface area contributed by atoms with Gasteiger partial charge in [0.2, 0.25) is 0 Å². The maximum absolute atomic E-state index is 11.8. The fraction of sp³-hybridized carbons (Fsp3) is 0.889. The molecule has 0 aromatic heterocycles. The molecule has 12 heavy (non-hydrogen) atoms. The van der Waals surface area contributed by atoms with E-state index in [1.165, 1.54) is 6.42 Å². The minimum Gasteiger partial charge on any atom is -0.383 e. The summed E-state index contributed by atoms with van der Waals surface area (Å²) in [4.78, 5) is 11.8. The van der Waals surface area contributed by atoms with Gasteiger partial charge in [-0.1, -0.05) is 15.9 Å². The molecule has 0 saturated heterocycles. The molecule has 68 valence electrons. The number of fused-ring (bicyclic) bond motifs is 2. The van der Waals surface area contributed by atoms with Gasteiger partial charge < -0.3 is 4.74 Å². The van der Waals surface area contributed by atoms with E-state index in [0.29, 0.717) is 24.2 Å². The summed E-state index contributed by atoms with van der Waals surface area (Å²) < 4.78 is 4.76. The topological polar surface area (TPSA) is 26.3 Å². The van der Waals surface area contributed by atoms with Gasteiger partial charge in [0.05, 0.1) is 6.61 Å². The van der Waals surface area contributed by atoms with Gasteiger partial charge in [0.1, 0.15) is 4.32 Å². The summed E-state index contributed by atoms with van der Waals surface area (Å²) in [6.45, 7) is 0.535. The lowest BCUT2D eigenvalue weighted by Gasteiger charge is -2.29. The van der Waals surface area contributed by atoms with Crippen molar-refractivity contribution in [3.05, 3.63) is 0 Å². The number of Topliss-reactive ketones (excluding diaryl/α,β-unsaturated/α-hetero) is 1. The van der Waals surface area contributed by atoms with E-state index in [1.54, 1.807) is 7.11 Å². The predicted molar refractivity (Wildman–Crippen MR) is 49.4 cm³/mol. The van der Waals surface area contributed by atoms with Crippen LogP contribution in [0.2, 0.25) is 0 Å². The number of rotatable bonds is 2. The number of ketones is 1. The molecule has 2 fully saturated rings. The van der Waals surface area contributed by atoms with Crippen molar-refractivity contribution in [1.82, 2.24) is 0 Å². The van der Waals surface area contributed by atoms with Gasteiger partial charge in [-0.25, -0.2) is 0 Å². The van der Waals surface area contributed by atoms with Crippen molar-refractivity contribution in [3.8, 4) is 0 Å². The molecule has 3 atom stereocenters. The van der Waals surface area contributed by atoms with Crippen LogP contribution in [0.25, 0.3) is 0 Å². The minimum atomic E-state index is -0.329. The molecule has 3 heteroatoms. The van der Waals surface area contributed by atoms with E-state index in [-0.39, 0.29) is 4.32 Å². The molecule has 2 saturated carbocycles. The molecule has 2 aliphatic rings. The van der Waals surface area contributed by atoms with Crippen LogP contribution in [-0.2, 0) is 9.53 Å². The molecule has 0 spiro atoms. The first-order valence-electron chi connectivity index (χ1n) is 4.40. The Morgan fingerprint density at radius 1 is 1.67 bits per heavy atom. The highest BCUT2D eigenvalue weighted by Crippen LogP contribution is 2.52. The molecule has 0 heterocycles. The zero-order chi connectivity index (χ0) is 8.77. The molecule has 0 amide bonds. The van der Waals surface area contributed by atoms with Gasteiger partial charge in [0.25, 0.3) is 0 Å². The van der Waals surface area contributed by atoms with E-state index in [2.05, 4.69) is 15.9 Å². The SMILES string of the molecule is COCC1(Br)C(=O)C2CCC1C2. The summed E-state index contributed by atoms with van der Waals surface area (Å²) >= 11 is 3.55. The summed E-state index contributed by atoms with van der Waals surface area (Å²) in [7, 11) is 1.66. The molecule has 0 aromatic rings. The van der Waals surface area contributed by atoms with Crippen molar-refractivity contribution < 1.29 is 9.53 Å². The third-order valence-corrected chi connectivity index (χ3v) is 4.48. The minimum absolute atomic E-state index is 0.324. The lowest BCUT2D eigenvalue weighted by molar-refractivity contribution is -0.125. The van der Waals surface area contributed by atoms with Crippen molar-refractivity contribution in [2.75, 3.05) is 13.7 Å². The molecular weight excluding hydrogens is 220 g/mol. The third-order valence-electron chi connectivity index (χ3n) is 3.21. The molecule has 0 radical (unpaired) electrons. The number of hydrogen-bond acceptors (Lipinski definition) is 2. The normalized spacial score (nSPS) is 45.7. The lowest BCUT2D eigenvalue weighted by atomic mass is 9.88. The van der Waals surface area contributed by atoms with Crippen molar-refractivity contribution in [1.29, 1.82) is 0 Å². The summed E-state index contributed by atoms with van der Waals surface area (Å²) in [5.74, 6) is 1.22. The monoisotopic (exact) mass is 232 g/mol. The Morgan fingerprint density at radius 2 is 2.42 bits per heavy atom. The average Bonchev–Trinajstić information content (AvgIpc) is 2.57. The number of halogens is 1. The van der Waals surface area contributed by atoms with Gasteiger partial charge in [-0.2, -0.15) is 0 Å². The van der Waals surface area contributed by atoms with Crippen LogP contribution >= 0.6 is 15.9 Å². The molecule has 3 unspecified atom stereocenters. The van der Waals surface area contributed by atoms with Crippen LogP contribution in [0.15, 0.2) is 0 Å². The highest BCUT2D eigenvalue weighted by Gasteiger charge is 2.56. The molecule has 2 nitrogen and oxygen atoms in total. The second kappa shape index (κ2) is 2.81. The number of carbonyl (C=O) groups is 1. The first kappa shape index (κ1) is 8.70. The Morgan fingerprint density at radius 3 is 2.92 bits per heavy atom. The molecule has 2 rings (SSSR count). The molecular formula is C9H13BrO2. The van der Waals surface area contributed by atoms with E-state index in [1.807, 2.05) is 0 Å². The Bertz CT molecular complexity index is 217. The molecule has 2 aliphatic carbocycles. The van der Waals surface area contributed by atoms with E-state index >= 15 is 0 Å². The standard InChI is InChI=1S/C9H13BrO2/c1-12-5-9(10)7-3-2-6(4-7)8(9)11/h6-7H,2-5H2,1H3. The van der Waals surface area contributed by atoms with Gasteiger partial charge in [0.15, 0.2) is 5.78 Å². The Labute approximate surface area is 80.8 Å². The second-order valence-electron chi connectivity index (χ2n) is 3.87. The Balaban J connectivity index is 2.20. The summed E-state index contributed by atoms with van der Waals surface area (Å²) in [6.07, 6.45) is 3.36. The van der Waals surface area contributed by atoms with E-state index in [4.69, 9.17) is 4.74 Å². The van der Waals surface area contributed by atoms with E-state index in [9.17, 15) is 4.79 Å². The quantitative estimate of drug-likeness (QED) is 0.679. The molecule has 0 aromatic carbocycles. The summed E-state index contributed by atoms with van der Waals surface area (Å²) in [5.41, 5.74) is 0. The Hall–Kier alpha value is 0.110. The fourth-order valence-corrected chi connectivity index (χ4v) is 3.54. The predicted octanol–water partition coefficient (Wildman–Crippen LogP) is 1.77. The maximum Gasteiger partial charge on any atom is 0.155 e. The molecule has 0 N–H and O–H groups in total. The third kappa shape index (κ3) is 0.990. The zero-order valence-corrected chi connectivity index (χ0v) is 8.76. The van der Waals surface area contributed by atoms with Gasteiger partial charge in [-0.15, -0.1) is 0 Å². The van der Waals surface area contributed by atoms with Crippen LogP contribution in [-0.4, -0.2) is 23.8 Å². The number of methoxy groups -OCH3 is 1. The van der Waals surface area contributed by atoms with Crippen LogP contribution in [0.4, 0.5) is 0 Å². The van der Waals surface area contributed by atoms with Crippen molar-refractivity contribution in [2.24, 2.45) is 11.8 Å². The van der Waals surface area contributed by atoms with Crippen LogP contribution < -0.4 is 0 Å². The summed E-state index contributed by atoms with van der Waals surface area (Å²) in [5, 5.41) is 0. The van der Waals surface area contributed by atoms with Gasteiger partial charge in [-0.05, 0) is 25.2 Å². The average molecular weight is 233 g/mol. The molecule has 2 bridgehead atoms. The molecule has 0 aliphatic heterocycles. The first-order chi connectivity index (χ1) is 5.68. The number of alkyl halides is 1. The first-order valence-corrected chi connectivity index (χ1v) is 5.20. The zero-order valence-electron chi connectivity index (χ0n) is 7.18. The summed E-state index contributed by atoms with van der Waals surface area (Å²) in [6, 6.07) is 0. The Kier molecular flexibility index (Phi) is 2.04. The number of hydrogen-bond donors (Lipinski definition) is 0. The smallest absolute Gasteiger partial charge is 0.155 e. The number of carbonyl (C=O) groups excluding carboxylic acids is 1. The van der Waals surface area contributed by atoms with Gasteiger partial charge in [-0.3, -0.25) is 4.79 Å². The van der Waals surface area contributed by atoms with Crippen LogP contribution in [0.5, 0.6) is 0 Å². The highest BCUT2D eigenvalue weighted by molar-refractivity contribution is 9.10. The maximum atomic E-state index is 11.8. The van der Waals surface area contributed by atoms with Gasteiger partial charge >= 0.3 is 0 Å². The van der Waals surface area contributed by atoms with E-state index in [0.717, 1.165) is 12.8 Å². The van der Waals surface area contributed by atoms with Crippen molar-refractivity contribution >= 4 is 21.7 Å². The van der Waals surface area contributed by atoms with Crippen LogP contribution in [0.1, 0.15) is 19.3 Å². The highest BCUT2D eigenvalue weighted by atomic mass is 79.9. The number of ether oxygens (including phenoxy) is 1. The second-order valence-corrected chi connectivity index (χ2v) is 5.28. The van der Waals surface area contributed by atoms with E-state index < -0.39 is 0 Å². The fourth-order valence-electron chi connectivity index (χ4n) is 2.57. The van der Waals surface area contributed by atoms with Crippen molar-refractivity contribution in [3.63, 3.8) is 0 Å².